The molecule has 5 rings (SSSR count). The molecule has 1 N–H and O–H groups in total. The Morgan fingerprint density at radius 2 is 1.79 bits per heavy atom. The molecule has 3 saturated carbocycles. The minimum Gasteiger partial charge on any atom is -0.414 e. The van der Waals surface area contributed by atoms with E-state index < -0.39 is 13.9 Å². The number of allylic oxidation sites excluding steroid dienone is 1. The maximum atomic E-state index is 12.0. The summed E-state index contributed by atoms with van der Waals surface area (Å²) in [5.41, 5.74) is 2.59. The largest absolute Gasteiger partial charge is 0.414 e. The Morgan fingerprint density at radius 1 is 1.06 bits per heavy atom. The van der Waals surface area contributed by atoms with Gasteiger partial charge in [-0.1, -0.05) is 46.3 Å². The van der Waals surface area contributed by atoms with Crippen molar-refractivity contribution >= 4 is 19.7 Å². The minimum atomic E-state index is -1.73. The smallest absolute Gasteiger partial charge is 0.192 e. The molecule has 7 atom stereocenters. The van der Waals surface area contributed by atoms with Crippen molar-refractivity contribution in [3.63, 3.8) is 0 Å². The zero-order valence-corrected chi connectivity index (χ0v) is 23.9. The summed E-state index contributed by atoms with van der Waals surface area (Å²) in [5.74, 6) is 2.13. The van der Waals surface area contributed by atoms with Crippen molar-refractivity contribution in [3.8, 4) is 0 Å². The predicted octanol–water partition coefficient (Wildman–Crippen LogP) is 8.29. The Balaban J connectivity index is 1.38. The van der Waals surface area contributed by atoms with Gasteiger partial charge in [0.1, 0.15) is 0 Å². The lowest BCUT2D eigenvalue weighted by Gasteiger charge is -2.59. The summed E-state index contributed by atoms with van der Waals surface area (Å²) < 4.78 is 6.89. The van der Waals surface area contributed by atoms with Crippen LogP contribution in [0.3, 0.4) is 0 Å². The Bertz CT molecular complexity index is 915. The van der Waals surface area contributed by atoms with E-state index in [1.165, 1.54) is 37.7 Å². The van der Waals surface area contributed by atoms with Gasteiger partial charge in [0.25, 0.3) is 0 Å². The third-order valence-corrected chi connectivity index (χ3v) is 16.7. The minimum absolute atomic E-state index is 0.0135. The molecule has 2 unspecified atom stereocenters. The maximum absolute atomic E-state index is 12.0. The predicted molar refractivity (Wildman–Crippen MR) is 142 cm³/mol. The van der Waals surface area contributed by atoms with Crippen molar-refractivity contribution in [2.24, 2.45) is 28.6 Å². The lowest BCUT2D eigenvalue weighted by atomic mass is 9.46. The summed E-state index contributed by atoms with van der Waals surface area (Å²) in [6.45, 7) is 16.9. The third kappa shape index (κ3) is 3.52. The molecule has 0 radical (unpaired) electrons. The SMILES string of the molecule is CC(C)(C)[Si](C)(C)OC1CC[C@@]2(C)C(=CC[C@@H]3[C@H]2CC[C@@]2(C)[C@H]3CCC2(O)c2ccsc2)C1. The monoisotopic (exact) mass is 486 g/mol. The molecule has 0 saturated heterocycles. The van der Waals surface area contributed by atoms with Crippen molar-refractivity contribution in [2.75, 3.05) is 0 Å². The van der Waals surface area contributed by atoms with Gasteiger partial charge in [-0.3, -0.25) is 0 Å². The van der Waals surface area contributed by atoms with Crippen LogP contribution in [0, 0.1) is 28.6 Å². The zero-order valence-electron chi connectivity index (χ0n) is 22.0. The van der Waals surface area contributed by atoms with Crippen LogP contribution in [0.25, 0.3) is 0 Å². The summed E-state index contributed by atoms with van der Waals surface area (Å²) in [6, 6.07) is 2.17. The highest BCUT2D eigenvalue weighted by atomic mass is 32.1. The fourth-order valence-corrected chi connectivity index (χ4v) is 10.4. The van der Waals surface area contributed by atoms with Gasteiger partial charge in [0, 0.05) is 11.5 Å². The second-order valence-electron chi connectivity index (χ2n) is 13.9. The molecule has 4 aliphatic carbocycles. The lowest BCUT2D eigenvalue weighted by molar-refractivity contribution is -0.129. The van der Waals surface area contributed by atoms with Crippen LogP contribution in [0.4, 0.5) is 0 Å². The van der Waals surface area contributed by atoms with Crippen molar-refractivity contribution < 1.29 is 9.53 Å². The van der Waals surface area contributed by atoms with Crippen LogP contribution >= 0.6 is 11.3 Å². The van der Waals surface area contributed by atoms with E-state index in [1.807, 2.05) is 0 Å². The van der Waals surface area contributed by atoms with E-state index in [1.54, 1.807) is 16.9 Å². The quantitative estimate of drug-likeness (QED) is 0.344. The molecule has 0 amide bonds. The molecule has 0 aliphatic heterocycles. The van der Waals surface area contributed by atoms with E-state index in [2.05, 4.69) is 70.6 Å². The van der Waals surface area contributed by atoms with Crippen LogP contribution in [0.5, 0.6) is 0 Å². The second kappa shape index (κ2) is 7.79. The van der Waals surface area contributed by atoms with Crippen LogP contribution in [0.1, 0.15) is 91.5 Å². The van der Waals surface area contributed by atoms with E-state index in [9.17, 15) is 5.11 Å². The van der Waals surface area contributed by atoms with Gasteiger partial charge < -0.3 is 9.53 Å². The topological polar surface area (TPSA) is 29.5 Å². The molecule has 1 heterocycles. The average Bonchev–Trinajstić information content (AvgIpc) is 3.35. The van der Waals surface area contributed by atoms with Crippen molar-refractivity contribution in [3.05, 3.63) is 34.0 Å². The molecule has 4 aliphatic rings. The van der Waals surface area contributed by atoms with E-state index in [-0.39, 0.29) is 10.5 Å². The van der Waals surface area contributed by atoms with Gasteiger partial charge in [-0.15, -0.1) is 0 Å². The fraction of sp³-hybridized carbons (Fsp3) is 0.793. The average molecular weight is 487 g/mol. The number of thiophene rings is 1. The Hall–Kier alpha value is -0.423. The Kier molecular flexibility index (Phi) is 5.73. The van der Waals surface area contributed by atoms with Crippen molar-refractivity contribution in [1.82, 2.24) is 0 Å². The summed E-state index contributed by atoms with van der Waals surface area (Å²) in [5, 5.41) is 16.6. The van der Waals surface area contributed by atoms with E-state index >= 15 is 0 Å². The summed E-state index contributed by atoms with van der Waals surface area (Å²) in [4.78, 5) is 0. The molecule has 0 spiro atoms. The zero-order chi connectivity index (χ0) is 23.9. The van der Waals surface area contributed by atoms with Crippen LogP contribution in [-0.4, -0.2) is 19.5 Å². The number of hydrogen-bond donors (Lipinski definition) is 1. The molecule has 0 bridgehead atoms. The van der Waals surface area contributed by atoms with Crippen LogP contribution in [-0.2, 0) is 10.0 Å². The van der Waals surface area contributed by atoms with Gasteiger partial charge in [-0.05, 0) is 115 Å². The summed E-state index contributed by atoms with van der Waals surface area (Å²) in [6.07, 6.45) is 12.4. The highest BCUT2D eigenvalue weighted by Gasteiger charge is 2.64. The van der Waals surface area contributed by atoms with E-state index in [0.29, 0.717) is 17.4 Å². The van der Waals surface area contributed by atoms with Crippen LogP contribution in [0.2, 0.25) is 18.1 Å². The van der Waals surface area contributed by atoms with Gasteiger partial charge in [-0.25, -0.2) is 0 Å². The number of rotatable bonds is 3. The molecular weight excluding hydrogens is 440 g/mol. The molecule has 184 valence electrons. The standard InChI is InChI=1S/C29H46O2SSi/c1-26(2,3)33(6,7)31-22-10-14-27(4)20(18-22)8-9-23-24(27)11-15-28(5)25(23)12-16-29(28,30)21-13-17-32-19-21/h8,13,17,19,22-25,30H,9-12,14-16,18H2,1-7H3/t22?,23-,24-,25+,27+,28+,29?/m1/s1. The molecule has 0 aromatic carbocycles. The van der Waals surface area contributed by atoms with Gasteiger partial charge in [0.15, 0.2) is 8.32 Å². The highest BCUT2D eigenvalue weighted by molar-refractivity contribution is 7.08. The molecule has 2 nitrogen and oxygen atoms in total. The Labute approximate surface area is 207 Å². The van der Waals surface area contributed by atoms with Crippen molar-refractivity contribution in [1.29, 1.82) is 0 Å². The first-order valence-electron chi connectivity index (χ1n) is 13.4. The van der Waals surface area contributed by atoms with Crippen molar-refractivity contribution in [2.45, 2.75) is 116 Å². The van der Waals surface area contributed by atoms with Gasteiger partial charge >= 0.3 is 0 Å². The first-order chi connectivity index (χ1) is 15.3. The second-order valence-corrected chi connectivity index (χ2v) is 19.4. The van der Waals surface area contributed by atoms with E-state index in [0.717, 1.165) is 31.1 Å². The lowest BCUT2D eigenvalue weighted by Crippen LogP contribution is -2.54. The first-order valence-corrected chi connectivity index (χ1v) is 17.3. The van der Waals surface area contributed by atoms with Gasteiger partial charge in [0.05, 0.1) is 5.60 Å². The molecule has 1 aromatic heterocycles. The Morgan fingerprint density at radius 3 is 2.45 bits per heavy atom. The van der Waals surface area contributed by atoms with Crippen LogP contribution < -0.4 is 0 Å². The summed E-state index contributed by atoms with van der Waals surface area (Å²) >= 11 is 1.73. The number of hydrogen-bond acceptors (Lipinski definition) is 3. The van der Waals surface area contributed by atoms with Crippen LogP contribution in [0.15, 0.2) is 28.5 Å². The molecule has 1 aromatic rings. The molecule has 4 heteroatoms. The van der Waals surface area contributed by atoms with Gasteiger partial charge in [0.2, 0.25) is 0 Å². The maximum Gasteiger partial charge on any atom is 0.192 e. The normalized spacial score (nSPS) is 43.5. The third-order valence-electron chi connectivity index (χ3n) is 11.5. The first kappa shape index (κ1) is 24.3. The summed E-state index contributed by atoms with van der Waals surface area (Å²) in [7, 11) is -1.73. The number of fused-ring (bicyclic) bond motifs is 5. The molecule has 3 fully saturated rings. The van der Waals surface area contributed by atoms with Gasteiger partial charge in [-0.2, -0.15) is 11.3 Å². The number of aliphatic hydroxyl groups is 1. The fourth-order valence-electron chi connectivity index (χ4n) is 8.31. The highest BCUT2D eigenvalue weighted by Crippen LogP contribution is 2.69. The molecule has 33 heavy (non-hydrogen) atoms. The molecular formula is C29H46O2SSi. The van der Waals surface area contributed by atoms with E-state index in [4.69, 9.17) is 4.43 Å².